The highest BCUT2D eigenvalue weighted by Gasteiger charge is 2.20. The van der Waals surface area contributed by atoms with Crippen molar-refractivity contribution in [3.05, 3.63) is 71.3 Å². The number of benzene rings is 2. The van der Waals surface area contributed by atoms with Crippen LogP contribution in [-0.4, -0.2) is 36.5 Å². The van der Waals surface area contributed by atoms with Crippen molar-refractivity contribution in [1.29, 1.82) is 0 Å². The number of nitrogens with zero attached hydrogens (tertiary/aromatic N) is 1. The average Bonchev–Trinajstić information content (AvgIpc) is 2.68. The van der Waals surface area contributed by atoms with Gasteiger partial charge in [0, 0.05) is 37.8 Å². The molecule has 0 spiro atoms. The fourth-order valence-corrected chi connectivity index (χ4v) is 3.29. The lowest BCUT2D eigenvalue weighted by Crippen LogP contribution is -2.45. The van der Waals surface area contributed by atoms with Gasteiger partial charge in [0.05, 0.1) is 0 Å². The molecule has 1 fully saturated rings. The molecule has 140 valence electrons. The minimum atomic E-state index is 0. The normalized spacial score (nSPS) is 15.3. The number of rotatable bonds is 6. The van der Waals surface area contributed by atoms with Crippen LogP contribution < -0.4 is 11.1 Å². The highest BCUT2D eigenvalue weighted by Crippen LogP contribution is 2.13. The Balaban J connectivity index is 0.00000243. The maximum Gasteiger partial charge on any atom is 0.251 e. The minimum Gasteiger partial charge on any atom is -0.349 e. The number of amides is 1. The van der Waals surface area contributed by atoms with Crippen LogP contribution in [-0.2, 0) is 13.0 Å². The molecule has 3 N–H and O–H groups in total. The lowest BCUT2D eigenvalue weighted by Gasteiger charge is -2.32. The van der Waals surface area contributed by atoms with Crippen molar-refractivity contribution in [2.24, 2.45) is 5.73 Å². The van der Waals surface area contributed by atoms with Crippen LogP contribution >= 0.6 is 12.4 Å². The van der Waals surface area contributed by atoms with Crippen LogP contribution in [0.15, 0.2) is 54.6 Å². The Labute approximate surface area is 162 Å². The standard InChI is InChI=1S/C21H27N3O.ClH/c22-16-18-6-8-19(9-7-18)21(25)23-20-11-14-24(15-12-20)13-10-17-4-2-1-3-5-17;/h1-9,20H,10-16,22H2,(H,23,25);1H. The zero-order chi connectivity index (χ0) is 17.5. The quantitative estimate of drug-likeness (QED) is 0.818. The molecule has 0 radical (unpaired) electrons. The van der Waals surface area contributed by atoms with Crippen molar-refractivity contribution in [1.82, 2.24) is 10.2 Å². The van der Waals surface area contributed by atoms with Crippen molar-refractivity contribution in [2.45, 2.75) is 31.8 Å². The summed E-state index contributed by atoms with van der Waals surface area (Å²) in [6.45, 7) is 3.68. The van der Waals surface area contributed by atoms with E-state index in [9.17, 15) is 4.79 Å². The second-order valence-electron chi connectivity index (χ2n) is 6.73. The van der Waals surface area contributed by atoms with E-state index in [0.717, 1.165) is 44.5 Å². The van der Waals surface area contributed by atoms with Crippen molar-refractivity contribution < 1.29 is 4.79 Å². The lowest BCUT2D eigenvalue weighted by molar-refractivity contribution is 0.0911. The van der Waals surface area contributed by atoms with Crippen LogP contribution in [0.25, 0.3) is 0 Å². The number of piperidine rings is 1. The average molecular weight is 374 g/mol. The number of hydrogen-bond donors (Lipinski definition) is 2. The molecule has 1 saturated heterocycles. The van der Waals surface area contributed by atoms with Gasteiger partial charge in [-0.15, -0.1) is 12.4 Å². The lowest BCUT2D eigenvalue weighted by atomic mass is 10.0. The summed E-state index contributed by atoms with van der Waals surface area (Å²) in [6, 6.07) is 18.4. The summed E-state index contributed by atoms with van der Waals surface area (Å²) in [5.74, 6) is 0.0197. The molecule has 2 aromatic carbocycles. The maximum atomic E-state index is 12.3. The van der Waals surface area contributed by atoms with Crippen LogP contribution in [0.1, 0.15) is 34.3 Å². The molecule has 26 heavy (non-hydrogen) atoms. The number of nitrogens with two attached hydrogens (primary N) is 1. The number of carbonyl (C=O) groups excluding carboxylic acids is 1. The van der Waals surface area contributed by atoms with Gasteiger partial charge in [-0.3, -0.25) is 4.79 Å². The first kappa shape index (κ1) is 20.4. The van der Waals surface area contributed by atoms with Gasteiger partial charge in [0.15, 0.2) is 0 Å². The molecule has 1 amide bonds. The zero-order valence-electron chi connectivity index (χ0n) is 15.1. The van der Waals surface area contributed by atoms with Gasteiger partial charge in [0.2, 0.25) is 0 Å². The molecule has 1 heterocycles. The summed E-state index contributed by atoms with van der Waals surface area (Å²) < 4.78 is 0. The highest BCUT2D eigenvalue weighted by molar-refractivity contribution is 5.94. The van der Waals surface area contributed by atoms with Crippen molar-refractivity contribution >= 4 is 18.3 Å². The smallest absolute Gasteiger partial charge is 0.251 e. The monoisotopic (exact) mass is 373 g/mol. The van der Waals surface area contributed by atoms with Crippen LogP contribution in [0.3, 0.4) is 0 Å². The zero-order valence-corrected chi connectivity index (χ0v) is 15.9. The summed E-state index contributed by atoms with van der Waals surface area (Å²) in [4.78, 5) is 14.8. The molecule has 0 saturated carbocycles. The molecule has 5 heteroatoms. The van der Waals surface area contributed by atoms with E-state index in [2.05, 4.69) is 40.5 Å². The molecule has 0 aliphatic carbocycles. The molecule has 1 aliphatic heterocycles. The molecule has 2 aromatic rings. The largest absolute Gasteiger partial charge is 0.349 e. The Morgan fingerprint density at radius 3 is 2.27 bits per heavy atom. The number of hydrogen-bond acceptors (Lipinski definition) is 3. The van der Waals surface area contributed by atoms with Gasteiger partial charge in [-0.05, 0) is 42.5 Å². The number of halogens is 1. The fraction of sp³-hybridized carbons (Fsp3) is 0.381. The van der Waals surface area contributed by atoms with E-state index in [0.29, 0.717) is 12.1 Å². The van der Waals surface area contributed by atoms with Crippen molar-refractivity contribution in [3.63, 3.8) is 0 Å². The molecule has 4 nitrogen and oxygen atoms in total. The molecule has 3 rings (SSSR count). The van der Waals surface area contributed by atoms with E-state index >= 15 is 0 Å². The summed E-state index contributed by atoms with van der Waals surface area (Å²) >= 11 is 0. The first-order valence-corrected chi connectivity index (χ1v) is 9.11. The summed E-state index contributed by atoms with van der Waals surface area (Å²) in [6.07, 6.45) is 3.12. The van der Waals surface area contributed by atoms with Crippen LogP contribution in [0.4, 0.5) is 0 Å². The molecular weight excluding hydrogens is 346 g/mol. The Kier molecular flexibility index (Phi) is 8.10. The SMILES string of the molecule is Cl.NCc1ccc(C(=O)NC2CCN(CCc3ccccc3)CC2)cc1. The third-order valence-corrected chi connectivity index (χ3v) is 4.93. The maximum absolute atomic E-state index is 12.3. The van der Waals surface area contributed by atoms with E-state index in [1.165, 1.54) is 5.56 Å². The highest BCUT2D eigenvalue weighted by atomic mass is 35.5. The third kappa shape index (κ3) is 5.84. The summed E-state index contributed by atoms with van der Waals surface area (Å²) in [5, 5.41) is 3.17. The van der Waals surface area contributed by atoms with Crippen LogP contribution in [0, 0.1) is 0 Å². The van der Waals surface area contributed by atoms with Crippen molar-refractivity contribution in [3.8, 4) is 0 Å². The van der Waals surface area contributed by atoms with Gasteiger partial charge in [-0.25, -0.2) is 0 Å². The molecule has 0 atom stereocenters. The van der Waals surface area contributed by atoms with E-state index < -0.39 is 0 Å². The molecule has 0 aromatic heterocycles. The van der Waals surface area contributed by atoms with Crippen LogP contribution in [0.5, 0.6) is 0 Å². The third-order valence-electron chi connectivity index (χ3n) is 4.93. The fourth-order valence-electron chi connectivity index (χ4n) is 3.29. The predicted molar refractivity (Wildman–Crippen MR) is 109 cm³/mol. The van der Waals surface area contributed by atoms with E-state index in [1.807, 2.05) is 24.3 Å². The van der Waals surface area contributed by atoms with E-state index in [1.54, 1.807) is 0 Å². The first-order valence-electron chi connectivity index (χ1n) is 9.11. The number of carbonyl (C=O) groups is 1. The molecule has 0 bridgehead atoms. The molecule has 1 aliphatic rings. The minimum absolute atomic E-state index is 0. The van der Waals surface area contributed by atoms with Crippen molar-refractivity contribution in [2.75, 3.05) is 19.6 Å². The van der Waals surface area contributed by atoms with Gasteiger partial charge in [0.1, 0.15) is 0 Å². The Bertz CT molecular complexity index is 667. The predicted octanol–water partition coefficient (Wildman–Crippen LogP) is 3.00. The summed E-state index contributed by atoms with van der Waals surface area (Å²) in [7, 11) is 0. The topological polar surface area (TPSA) is 58.4 Å². The summed E-state index contributed by atoms with van der Waals surface area (Å²) in [5.41, 5.74) is 8.74. The molecule has 0 unspecified atom stereocenters. The number of nitrogens with one attached hydrogen (secondary N) is 1. The Morgan fingerprint density at radius 2 is 1.65 bits per heavy atom. The van der Waals surface area contributed by atoms with Gasteiger partial charge < -0.3 is 16.0 Å². The number of likely N-dealkylation sites (tertiary alicyclic amines) is 1. The van der Waals surface area contributed by atoms with Gasteiger partial charge in [-0.2, -0.15) is 0 Å². The van der Waals surface area contributed by atoms with Gasteiger partial charge in [-0.1, -0.05) is 42.5 Å². The van der Waals surface area contributed by atoms with E-state index in [4.69, 9.17) is 5.73 Å². The second kappa shape index (κ2) is 10.3. The van der Waals surface area contributed by atoms with Gasteiger partial charge in [0.25, 0.3) is 5.91 Å². The first-order chi connectivity index (χ1) is 12.2. The van der Waals surface area contributed by atoms with E-state index in [-0.39, 0.29) is 24.4 Å². The van der Waals surface area contributed by atoms with Crippen LogP contribution in [0.2, 0.25) is 0 Å². The Morgan fingerprint density at radius 1 is 1.00 bits per heavy atom. The second-order valence-corrected chi connectivity index (χ2v) is 6.73. The molecular formula is C21H28ClN3O. The Hall–Kier alpha value is -1.88. The van der Waals surface area contributed by atoms with Gasteiger partial charge >= 0.3 is 0 Å².